The van der Waals surface area contributed by atoms with E-state index in [2.05, 4.69) is 15.9 Å². The zero-order chi connectivity index (χ0) is 12.5. The van der Waals surface area contributed by atoms with E-state index in [9.17, 15) is 4.79 Å². The van der Waals surface area contributed by atoms with E-state index in [0.717, 1.165) is 36.0 Å². The highest BCUT2D eigenvalue weighted by atomic mass is 79.9. The number of rotatable bonds is 2. The summed E-state index contributed by atoms with van der Waals surface area (Å²) in [7, 11) is 0. The van der Waals surface area contributed by atoms with Gasteiger partial charge < -0.3 is 9.64 Å². The van der Waals surface area contributed by atoms with Crippen LogP contribution in [-0.2, 0) is 18.0 Å². The lowest BCUT2D eigenvalue weighted by atomic mass is 10.1. The van der Waals surface area contributed by atoms with Crippen LogP contribution in [0.2, 0.25) is 0 Å². The SMILES string of the molecule is O=C(c1ccc2c(c1)COC2)N1CCC(CBr)C1. The van der Waals surface area contributed by atoms with E-state index in [-0.39, 0.29) is 5.91 Å². The Balaban J connectivity index is 1.77. The summed E-state index contributed by atoms with van der Waals surface area (Å²) >= 11 is 3.50. The van der Waals surface area contributed by atoms with Crippen molar-refractivity contribution in [3.8, 4) is 0 Å². The van der Waals surface area contributed by atoms with E-state index in [1.165, 1.54) is 5.56 Å². The third kappa shape index (κ3) is 2.19. The third-order valence-electron chi connectivity index (χ3n) is 3.76. The normalized spacial score (nSPS) is 22.3. The van der Waals surface area contributed by atoms with Crippen LogP contribution in [0.5, 0.6) is 0 Å². The van der Waals surface area contributed by atoms with Crippen molar-refractivity contribution in [1.82, 2.24) is 4.90 Å². The maximum Gasteiger partial charge on any atom is 0.253 e. The number of carbonyl (C=O) groups excluding carboxylic acids is 1. The van der Waals surface area contributed by atoms with Crippen molar-refractivity contribution in [2.75, 3.05) is 18.4 Å². The number of fused-ring (bicyclic) bond motifs is 1. The van der Waals surface area contributed by atoms with Gasteiger partial charge in [0.25, 0.3) is 5.91 Å². The molecule has 0 bridgehead atoms. The standard InChI is InChI=1S/C14H16BrNO2/c15-6-10-3-4-16(7-10)14(17)11-1-2-12-8-18-9-13(12)5-11/h1-2,5,10H,3-4,6-9H2. The summed E-state index contributed by atoms with van der Waals surface area (Å²) in [6.45, 7) is 3.07. The number of amides is 1. The molecule has 2 aliphatic rings. The monoisotopic (exact) mass is 309 g/mol. The molecule has 2 aliphatic heterocycles. The number of likely N-dealkylation sites (tertiary alicyclic amines) is 1. The van der Waals surface area contributed by atoms with Gasteiger partial charge >= 0.3 is 0 Å². The number of alkyl halides is 1. The lowest BCUT2D eigenvalue weighted by Gasteiger charge is -2.16. The molecule has 96 valence electrons. The van der Waals surface area contributed by atoms with Crippen LogP contribution in [0.15, 0.2) is 18.2 Å². The van der Waals surface area contributed by atoms with E-state index in [1.54, 1.807) is 0 Å². The van der Waals surface area contributed by atoms with Crippen LogP contribution in [-0.4, -0.2) is 29.2 Å². The maximum absolute atomic E-state index is 12.4. The topological polar surface area (TPSA) is 29.5 Å². The first-order chi connectivity index (χ1) is 8.78. The molecule has 0 aromatic heterocycles. The van der Waals surface area contributed by atoms with E-state index < -0.39 is 0 Å². The van der Waals surface area contributed by atoms with Crippen molar-refractivity contribution in [2.24, 2.45) is 5.92 Å². The van der Waals surface area contributed by atoms with Crippen LogP contribution in [0, 0.1) is 5.92 Å². The first kappa shape index (κ1) is 12.2. The molecule has 1 unspecified atom stereocenters. The Bertz CT molecular complexity index is 475. The van der Waals surface area contributed by atoms with Gasteiger partial charge in [-0.15, -0.1) is 0 Å². The summed E-state index contributed by atoms with van der Waals surface area (Å²) in [6, 6.07) is 5.94. The van der Waals surface area contributed by atoms with Crippen LogP contribution in [0.25, 0.3) is 0 Å². The fourth-order valence-electron chi connectivity index (χ4n) is 2.63. The van der Waals surface area contributed by atoms with Gasteiger partial charge in [0, 0.05) is 24.0 Å². The number of carbonyl (C=O) groups is 1. The quantitative estimate of drug-likeness (QED) is 0.786. The smallest absolute Gasteiger partial charge is 0.253 e. The summed E-state index contributed by atoms with van der Waals surface area (Å²) in [5.74, 6) is 0.764. The fraction of sp³-hybridized carbons (Fsp3) is 0.500. The van der Waals surface area contributed by atoms with Gasteiger partial charge in [0.1, 0.15) is 0 Å². The van der Waals surface area contributed by atoms with Gasteiger partial charge in [-0.1, -0.05) is 22.0 Å². The van der Waals surface area contributed by atoms with Crippen molar-refractivity contribution < 1.29 is 9.53 Å². The van der Waals surface area contributed by atoms with Gasteiger partial charge in [-0.3, -0.25) is 4.79 Å². The molecule has 3 rings (SSSR count). The molecule has 1 saturated heterocycles. The second kappa shape index (κ2) is 5.02. The minimum absolute atomic E-state index is 0.160. The summed E-state index contributed by atoms with van der Waals surface area (Å²) in [5.41, 5.74) is 3.18. The Kier molecular flexibility index (Phi) is 3.39. The molecule has 0 radical (unpaired) electrons. The fourth-order valence-corrected chi connectivity index (χ4v) is 3.16. The number of halogens is 1. The molecule has 18 heavy (non-hydrogen) atoms. The molecule has 1 fully saturated rings. The predicted octanol–water partition coefficient (Wildman–Crippen LogP) is 2.57. The third-order valence-corrected chi connectivity index (χ3v) is 4.68. The van der Waals surface area contributed by atoms with Crippen molar-refractivity contribution in [3.63, 3.8) is 0 Å². The molecular weight excluding hydrogens is 294 g/mol. The van der Waals surface area contributed by atoms with Gasteiger partial charge in [0.05, 0.1) is 13.2 Å². The van der Waals surface area contributed by atoms with Crippen LogP contribution in [0.3, 0.4) is 0 Å². The highest BCUT2D eigenvalue weighted by molar-refractivity contribution is 9.09. The van der Waals surface area contributed by atoms with Gasteiger partial charge in [-0.2, -0.15) is 0 Å². The summed E-state index contributed by atoms with van der Waals surface area (Å²) < 4.78 is 5.38. The number of benzene rings is 1. The van der Waals surface area contributed by atoms with Crippen LogP contribution < -0.4 is 0 Å². The Morgan fingerprint density at radius 3 is 3.00 bits per heavy atom. The highest BCUT2D eigenvalue weighted by Crippen LogP contribution is 2.24. The molecular formula is C14H16BrNO2. The van der Waals surface area contributed by atoms with Crippen LogP contribution in [0.4, 0.5) is 0 Å². The van der Waals surface area contributed by atoms with E-state index in [1.807, 2.05) is 23.1 Å². The molecule has 2 heterocycles. The Morgan fingerprint density at radius 1 is 1.39 bits per heavy atom. The first-order valence-electron chi connectivity index (χ1n) is 6.32. The molecule has 3 nitrogen and oxygen atoms in total. The molecule has 4 heteroatoms. The van der Waals surface area contributed by atoms with Crippen molar-refractivity contribution >= 4 is 21.8 Å². The summed E-state index contributed by atoms with van der Waals surface area (Å²) in [5, 5.41) is 0.981. The van der Waals surface area contributed by atoms with Gasteiger partial charge in [0.2, 0.25) is 0 Å². The number of ether oxygens (including phenoxy) is 1. The lowest BCUT2D eigenvalue weighted by molar-refractivity contribution is 0.0788. The predicted molar refractivity (Wildman–Crippen MR) is 72.7 cm³/mol. The number of hydrogen-bond acceptors (Lipinski definition) is 2. The van der Waals surface area contributed by atoms with Crippen LogP contribution >= 0.6 is 15.9 Å². The van der Waals surface area contributed by atoms with E-state index in [0.29, 0.717) is 19.1 Å². The van der Waals surface area contributed by atoms with Crippen LogP contribution in [0.1, 0.15) is 27.9 Å². The Labute approximate surface area is 115 Å². The molecule has 1 atom stereocenters. The molecule has 0 saturated carbocycles. The molecule has 1 aromatic carbocycles. The first-order valence-corrected chi connectivity index (χ1v) is 7.45. The van der Waals surface area contributed by atoms with Gasteiger partial charge in [-0.25, -0.2) is 0 Å². The zero-order valence-corrected chi connectivity index (χ0v) is 11.8. The van der Waals surface area contributed by atoms with E-state index >= 15 is 0 Å². The maximum atomic E-state index is 12.4. The minimum atomic E-state index is 0.160. The average Bonchev–Trinajstić information content (AvgIpc) is 3.05. The minimum Gasteiger partial charge on any atom is -0.372 e. The van der Waals surface area contributed by atoms with Crippen molar-refractivity contribution in [1.29, 1.82) is 0 Å². The average molecular weight is 310 g/mol. The van der Waals surface area contributed by atoms with Gasteiger partial charge in [-0.05, 0) is 35.6 Å². The van der Waals surface area contributed by atoms with Crippen molar-refractivity contribution in [3.05, 3.63) is 34.9 Å². The highest BCUT2D eigenvalue weighted by Gasteiger charge is 2.26. The Hall–Kier alpha value is -0.870. The molecule has 0 aliphatic carbocycles. The second-order valence-corrected chi connectivity index (χ2v) is 5.68. The second-order valence-electron chi connectivity index (χ2n) is 5.04. The Morgan fingerprint density at radius 2 is 2.22 bits per heavy atom. The number of hydrogen-bond donors (Lipinski definition) is 0. The van der Waals surface area contributed by atoms with Crippen molar-refractivity contribution in [2.45, 2.75) is 19.6 Å². The van der Waals surface area contributed by atoms with E-state index in [4.69, 9.17) is 4.74 Å². The molecule has 1 amide bonds. The summed E-state index contributed by atoms with van der Waals surface area (Å²) in [4.78, 5) is 14.3. The molecule has 0 spiro atoms. The van der Waals surface area contributed by atoms with Gasteiger partial charge in [0.15, 0.2) is 0 Å². The largest absolute Gasteiger partial charge is 0.372 e. The summed E-state index contributed by atoms with van der Waals surface area (Å²) in [6.07, 6.45) is 1.10. The zero-order valence-electron chi connectivity index (χ0n) is 10.2. The number of nitrogens with zero attached hydrogens (tertiary/aromatic N) is 1. The molecule has 1 aromatic rings. The lowest BCUT2D eigenvalue weighted by Crippen LogP contribution is -2.28. The molecule has 0 N–H and O–H groups in total.